The first-order valence-electron chi connectivity index (χ1n) is 8.27. The van der Waals surface area contributed by atoms with E-state index in [4.69, 9.17) is 9.15 Å². The normalized spacial score (nSPS) is 10.3. The number of rotatable bonds is 7. The highest BCUT2D eigenvalue weighted by atomic mass is 16.5. The van der Waals surface area contributed by atoms with Gasteiger partial charge in [-0.1, -0.05) is 36.4 Å². The van der Waals surface area contributed by atoms with Crippen LogP contribution >= 0.6 is 0 Å². The van der Waals surface area contributed by atoms with E-state index in [1.165, 1.54) is 0 Å². The van der Waals surface area contributed by atoms with Gasteiger partial charge in [-0.25, -0.2) is 4.79 Å². The molecule has 0 saturated carbocycles. The van der Waals surface area contributed by atoms with Crippen LogP contribution in [0.5, 0.6) is 5.75 Å². The van der Waals surface area contributed by atoms with Gasteiger partial charge in [-0.15, -0.1) is 10.2 Å². The van der Waals surface area contributed by atoms with Crippen molar-refractivity contribution in [2.75, 3.05) is 13.7 Å². The minimum Gasteiger partial charge on any atom is -0.496 e. The predicted molar refractivity (Wildman–Crippen MR) is 96.7 cm³/mol. The maximum atomic E-state index is 11.9. The molecule has 26 heavy (non-hydrogen) atoms. The van der Waals surface area contributed by atoms with Crippen LogP contribution in [0.2, 0.25) is 0 Å². The molecule has 0 radical (unpaired) electrons. The number of methoxy groups -OCH3 is 1. The molecule has 0 aliphatic heterocycles. The highest BCUT2D eigenvalue weighted by Crippen LogP contribution is 2.17. The second-order valence-electron chi connectivity index (χ2n) is 5.54. The number of benzene rings is 2. The van der Waals surface area contributed by atoms with E-state index in [0.29, 0.717) is 24.7 Å². The number of nitrogens with zero attached hydrogens (tertiary/aromatic N) is 2. The Hall–Kier alpha value is -3.35. The van der Waals surface area contributed by atoms with Crippen molar-refractivity contribution >= 4 is 6.03 Å². The fourth-order valence-corrected chi connectivity index (χ4v) is 2.46. The number of urea groups is 1. The third-order valence-electron chi connectivity index (χ3n) is 3.76. The number of ether oxygens (including phenoxy) is 1. The number of carbonyl (C=O) groups is 1. The molecule has 0 aliphatic carbocycles. The Labute approximate surface area is 151 Å². The van der Waals surface area contributed by atoms with Crippen molar-refractivity contribution in [2.24, 2.45) is 0 Å². The van der Waals surface area contributed by atoms with Gasteiger partial charge in [0.1, 0.15) is 5.75 Å². The van der Waals surface area contributed by atoms with E-state index in [9.17, 15) is 4.79 Å². The molecule has 2 N–H and O–H groups in total. The van der Waals surface area contributed by atoms with E-state index >= 15 is 0 Å². The molecule has 0 spiro atoms. The molecule has 1 heterocycles. The molecule has 3 rings (SSSR count). The van der Waals surface area contributed by atoms with Gasteiger partial charge in [-0.05, 0) is 30.2 Å². The number of amides is 2. The summed E-state index contributed by atoms with van der Waals surface area (Å²) in [7, 11) is 1.63. The number of nitrogens with one attached hydrogen (secondary N) is 2. The molecule has 3 aromatic rings. The Balaban J connectivity index is 1.44. The minimum atomic E-state index is -0.292. The van der Waals surface area contributed by atoms with Crippen molar-refractivity contribution in [3.05, 3.63) is 66.1 Å². The third kappa shape index (κ3) is 4.60. The molecule has 0 saturated heterocycles. The molecule has 2 amide bonds. The lowest BCUT2D eigenvalue weighted by atomic mass is 10.1. The molecule has 7 nitrogen and oxygen atoms in total. The molecule has 0 aliphatic rings. The van der Waals surface area contributed by atoms with Crippen LogP contribution < -0.4 is 15.4 Å². The largest absolute Gasteiger partial charge is 0.496 e. The van der Waals surface area contributed by atoms with Crippen LogP contribution in [0.25, 0.3) is 11.5 Å². The monoisotopic (exact) mass is 352 g/mol. The lowest BCUT2D eigenvalue weighted by Gasteiger charge is -2.09. The van der Waals surface area contributed by atoms with Crippen molar-refractivity contribution in [1.82, 2.24) is 20.8 Å². The van der Waals surface area contributed by atoms with Crippen molar-refractivity contribution in [3.63, 3.8) is 0 Å². The quantitative estimate of drug-likeness (QED) is 0.682. The Morgan fingerprint density at radius 1 is 1.04 bits per heavy atom. The number of hydrogen-bond acceptors (Lipinski definition) is 5. The second-order valence-corrected chi connectivity index (χ2v) is 5.54. The highest BCUT2D eigenvalue weighted by Gasteiger charge is 2.09. The number of para-hydroxylation sites is 1. The Morgan fingerprint density at radius 2 is 1.81 bits per heavy atom. The molecular formula is C19H20N4O3. The maximum absolute atomic E-state index is 11.9. The molecule has 1 aromatic heterocycles. The minimum absolute atomic E-state index is 0.167. The first kappa shape index (κ1) is 17.5. The van der Waals surface area contributed by atoms with Crippen LogP contribution in [0.15, 0.2) is 59.0 Å². The summed E-state index contributed by atoms with van der Waals surface area (Å²) in [6, 6.07) is 16.9. The SMILES string of the molecule is COc1ccccc1CCNC(=O)NCc1nnc(-c2ccccc2)o1. The topological polar surface area (TPSA) is 89.3 Å². The van der Waals surface area contributed by atoms with Gasteiger partial charge in [0, 0.05) is 12.1 Å². The number of hydrogen-bond donors (Lipinski definition) is 2. The first-order chi connectivity index (χ1) is 12.8. The average molecular weight is 352 g/mol. The van der Waals surface area contributed by atoms with Gasteiger partial charge >= 0.3 is 6.03 Å². The van der Waals surface area contributed by atoms with Crippen LogP contribution in [0.1, 0.15) is 11.5 Å². The molecule has 0 atom stereocenters. The number of carbonyl (C=O) groups excluding carboxylic acids is 1. The molecule has 134 valence electrons. The Kier molecular flexibility index (Phi) is 5.82. The van der Waals surface area contributed by atoms with E-state index in [1.54, 1.807) is 7.11 Å². The van der Waals surface area contributed by atoms with E-state index < -0.39 is 0 Å². The molecule has 0 bridgehead atoms. The van der Waals surface area contributed by atoms with E-state index in [1.807, 2.05) is 54.6 Å². The van der Waals surface area contributed by atoms with Gasteiger partial charge in [0.2, 0.25) is 11.8 Å². The lowest BCUT2D eigenvalue weighted by molar-refractivity contribution is 0.239. The number of aromatic nitrogens is 2. The molecule has 0 fully saturated rings. The van der Waals surface area contributed by atoms with Crippen LogP contribution in [-0.2, 0) is 13.0 Å². The summed E-state index contributed by atoms with van der Waals surface area (Å²) in [6.07, 6.45) is 0.677. The van der Waals surface area contributed by atoms with E-state index in [0.717, 1.165) is 16.9 Å². The molecule has 2 aromatic carbocycles. The van der Waals surface area contributed by atoms with Gasteiger partial charge in [0.25, 0.3) is 0 Å². The summed E-state index contributed by atoms with van der Waals surface area (Å²) in [5.41, 5.74) is 1.88. The van der Waals surface area contributed by atoms with Gasteiger partial charge in [0.15, 0.2) is 0 Å². The summed E-state index contributed by atoms with van der Waals surface area (Å²) in [5.74, 6) is 1.59. The lowest BCUT2D eigenvalue weighted by Crippen LogP contribution is -2.36. The van der Waals surface area contributed by atoms with Gasteiger partial charge in [-0.3, -0.25) is 0 Å². The zero-order chi connectivity index (χ0) is 18.2. The summed E-state index contributed by atoms with van der Waals surface area (Å²) in [4.78, 5) is 11.9. The fraction of sp³-hybridized carbons (Fsp3) is 0.211. The average Bonchev–Trinajstić information content (AvgIpc) is 3.16. The Morgan fingerprint density at radius 3 is 2.62 bits per heavy atom. The van der Waals surface area contributed by atoms with Gasteiger partial charge in [0.05, 0.1) is 13.7 Å². The van der Waals surface area contributed by atoms with Crippen molar-refractivity contribution in [3.8, 4) is 17.2 Å². The first-order valence-corrected chi connectivity index (χ1v) is 8.27. The Bertz CT molecular complexity index is 849. The highest BCUT2D eigenvalue weighted by molar-refractivity contribution is 5.73. The van der Waals surface area contributed by atoms with Crippen LogP contribution in [0.3, 0.4) is 0 Å². The summed E-state index contributed by atoms with van der Waals surface area (Å²) >= 11 is 0. The summed E-state index contributed by atoms with van der Waals surface area (Å²) in [6.45, 7) is 0.658. The van der Waals surface area contributed by atoms with Crippen LogP contribution in [0.4, 0.5) is 4.79 Å². The second kappa shape index (κ2) is 8.66. The zero-order valence-electron chi connectivity index (χ0n) is 14.4. The van der Waals surface area contributed by atoms with Gasteiger partial charge in [-0.2, -0.15) is 0 Å². The van der Waals surface area contributed by atoms with E-state index in [2.05, 4.69) is 20.8 Å². The fourth-order valence-electron chi connectivity index (χ4n) is 2.46. The van der Waals surface area contributed by atoms with Gasteiger partial charge < -0.3 is 19.8 Å². The predicted octanol–water partition coefficient (Wildman–Crippen LogP) is 2.79. The smallest absolute Gasteiger partial charge is 0.315 e. The molecule has 7 heteroatoms. The zero-order valence-corrected chi connectivity index (χ0v) is 14.4. The van der Waals surface area contributed by atoms with E-state index in [-0.39, 0.29) is 12.6 Å². The third-order valence-corrected chi connectivity index (χ3v) is 3.76. The molecule has 0 unspecified atom stereocenters. The van der Waals surface area contributed by atoms with Crippen molar-refractivity contribution in [2.45, 2.75) is 13.0 Å². The maximum Gasteiger partial charge on any atom is 0.315 e. The van der Waals surface area contributed by atoms with Crippen LogP contribution in [-0.4, -0.2) is 29.9 Å². The standard InChI is InChI=1S/C19H20N4O3/c1-25-16-10-6-5-7-14(16)11-12-20-19(24)21-13-17-22-23-18(26-17)15-8-3-2-4-9-15/h2-10H,11-13H2,1H3,(H2,20,21,24). The van der Waals surface area contributed by atoms with Crippen molar-refractivity contribution in [1.29, 1.82) is 0 Å². The summed E-state index contributed by atoms with van der Waals surface area (Å²) in [5, 5.41) is 13.4. The van der Waals surface area contributed by atoms with Crippen LogP contribution in [0, 0.1) is 0 Å². The van der Waals surface area contributed by atoms with Crippen molar-refractivity contribution < 1.29 is 13.9 Å². The molecular weight excluding hydrogens is 332 g/mol. The summed E-state index contributed by atoms with van der Waals surface area (Å²) < 4.78 is 10.8.